The molecule has 2 N–H and O–H groups in total. The van der Waals surface area contributed by atoms with E-state index in [9.17, 15) is 5.26 Å². The highest BCUT2D eigenvalue weighted by Gasteiger charge is 2.15. The Kier molecular flexibility index (Phi) is 4.44. The summed E-state index contributed by atoms with van der Waals surface area (Å²) in [5.74, 6) is 0. The number of aryl methyl sites for hydroxylation is 2. The summed E-state index contributed by atoms with van der Waals surface area (Å²) in [6.45, 7) is 7.38. The largest absolute Gasteiger partial charge is 0.398 e. The minimum atomic E-state index is 0.636. The summed E-state index contributed by atoms with van der Waals surface area (Å²) in [6, 6.07) is 12.1. The molecule has 1 aromatic heterocycles. The molecule has 0 aliphatic rings. The quantitative estimate of drug-likeness (QED) is 0.873. The Morgan fingerprint density at radius 2 is 2.00 bits per heavy atom. The van der Waals surface area contributed by atoms with E-state index in [1.807, 2.05) is 44.2 Å². The predicted octanol–water partition coefficient (Wildman–Crippen LogP) is 3.18. The zero-order chi connectivity index (χ0) is 15.4. The van der Waals surface area contributed by atoms with Crippen LogP contribution in [-0.2, 0) is 6.54 Å². The molecule has 4 nitrogen and oxygen atoms in total. The van der Waals surface area contributed by atoms with Crippen LogP contribution in [0.25, 0.3) is 0 Å². The van der Waals surface area contributed by atoms with Gasteiger partial charge in [0.05, 0.1) is 16.9 Å². The van der Waals surface area contributed by atoms with E-state index in [0.717, 1.165) is 34.9 Å². The second-order valence-corrected chi connectivity index (χ2v) is 5.07. The Balaban J connectivity index is 2.43. The van der Waals surface area contributed by atoms with E-state index in [1.165, 1.54) is 0 Å². The molecule has 0 aliphatic carbocycles. The van der Waals surface area contributed by atoms with E-state index >= 15 is 0 Å². The molecule has 0 fully saturated rings. The van der Waals surface area contributed by atoms with Gasteiger partial charge in [-0.05, 0) is 38.5 Å². The zero-order valence-electron chi connectivity index (χ0n) is 12.7. The topological polar surface area (TPSA) is 65.9 Å². The molecule has 21 heavy (non-hydrogen) atoms. The molecule has 0 radical (unpaired) electrons. The van der Waals surface area contributed by atoms with Crippen molar-refractivity contribution in [3.05, 3.63) is 52.8 Å². The van der Waals surface area contributed by atoms with Gasteiger partial charge >= 0.3 is 0 Å². The summed E-state index contributed by atoms with van der Waals surface area (Å²) in [4.78, 5) is 6.53. The maximum Gasteiger partial charge on any atom is 0.103 e. The molecule has 0 atom stereocenters. The number of nitriles is 1. The SMILES string of the molecule is CCN(Cc1ccccc1N)c1cc(C)nc(C)c1C#N. The minimum absolute atomic E-state index is 0.636. The lowest BCUT2D eigenvalue weighted by Gasteiger charge is -2.25. The molecule has 0 amide bonds. The number of para-hydroxylation sites is 1. The minimum Gasteiger partial charge on any atom is -0.398 e. The van der Waals surface area contributed by atoms with Crippen LogP contribution in [0.4, 0.5) is 11.4 Å². The highest BCUT2D eigenvalue weighted by Crippen LogP contribution is 2.26. The summed E-state index contributed by atoms with van der Waals surface area (Å²) in [7, 11) is 0. The van der Waals surface area contributed by atoms with Gasteiger partial charge in [0.2, 0.25) is 0 Å². The summed E-state index contributed by atoms with van der Waals surface area (Å²) in [6.07, 6.45) is 0. The van der Waals surface area contributed by atoms with Gasteiger partial charge in [-0.25, -0.2) is 0 Å². The smallest absolute Gasteiger partial charge is 0.103 e. The normalized spacial score (nSPS) is 10.2. The first-order valence-electron chi connectivity index (χ1n) is 7.03. The lowest BCUT2D eigenvalue weighted by atomic mass is 10.1. The van der Waals surface area contributed by atoms with Gasteiger partial charge in [-0.3, -0.25) is 4.98 Å². The predicted molar refractivity (Wildman–Crippen MR) is 86.0 cm³/mol. The Labute approximate surface area is 125 Å². The first kappa shape index (κ1) is 14.9. The average Bonchev–Trinajstić information content (AvgIpc) is 2.45. The molecule has 1 heterocycles. The molecule has 2 rings (SSSR count). The molecular weight excluding hydrogens is 260 g/mol. The van der Waals surface area contributed by atoms with Crippen LogP contribution in [0.1, 0.15) is 29.4 Å². The van der Waals surface area contributed by atoms with Crippen molar-refractivity contribution in [1.82, 2.24) is 4.98 Å². The highest BCUT2D eigenvalue weighted by atomic mass is 15.1. The van der Waals surface area contributed by atoms with Crippen molar-refractivity contribution in [2.75, 3.05) is 17.2 Å². The van der Waals surface area contributed by atoms with E-state index in [1.54, 1.807) is 0 Å². The molecule has 2 aromatic rings. The molecule has 1 aromatic carbocycles. The summed E-state index contributed by atoms with van der Waals surface area (Å²) < 4.78 is 0. The van der Waals surface area contributed by atoms with Crippen molar-refractivity contribution in [3.8, 4) is 6.07 Å². The van der Waals surface area contributed by atoms with E-state index < -0.39 is 0 Å². The second-order valence-electron chi connectivity index (χ2n) is 5.07. The Hall–Kier alpha value is -2.54. The number of nitrogens with zero attached hydrogens (tertiary/aromatic N) is 3. The van der Waals surface area contributed by atoms with Crippen molar-refractivity contribution in [2.24, 2.45) is 0 Å². The molecular formula is C17H20N4. The number of nitrogens with two attached hydrogens (primary N) is 1. The van der Waals surface area contributed by atoms with E-state index in [2.05, 4.69) is 22.9 Å². The van der Waals surface area contributed by atoms with Gasteiger partial charge < -0.3 is 10.6 Å². The Bertz CT molecular complexity index is 686. The number of anilines is 2. The fourth-order valence-electron chi connectivity index (χ4n) is 2.45. The Morgan fingerprint density at radius 1 is 1.29 bits per heavy atom. The van der Waals surface area contributed by atoms with Crippen molar-refractivity contribution < 1.29 is 0 Å². The highest BCUT2D eigenvalue weighted by molar-refractivity contribution is 5.62. The standard InChI is InChI=1S/C17H20N4/c1-4-21(11-14-7-5-6-8-16(14)19)17-9-12(2)20-13(3)15(17)10-18/h5-9H,4,11,19H2,1-3H3. The number of hydrogen-bond acceptors (Lipinski definition) is 4. The van der Waals surface area contributed by atoms with Gasteiger partial charge in [-0.1, -0.05) is 18.2 Å². The summed E-state index contributed by atoms with van der Waals surface area (Å²) >= 11 is 0. The van der Waals surface area contributed by atoms with Gasteiger partial charge in [0, 0.05) is 24.5 Å². The third-order valence-electron chi connectivity index (χ3n) is 3.56. The molecule has 0 saturated carbocycles. The van der Waals surface area contributed by atoms with E-state index in [0.29, 0.717) is 12.1 Å². The van der Waals surface area contributed by atoms with Crippen LogP contribution in [0, 0.1) is 25.2 Å². The van der Waals surface area contributed by atoms with Crippen LogP contribution >= 0.6 is 0 Å². The lowest BCUT2D eigenvalue weighted by Crippen LogP contribution is -2.24. The van der Waals surface area contributed by atoms with Gasteiger partial charge in [0.25, 0.3) is 0 Å². The van der Waals surface area contributed by atoms with Crippen LogP contribution in [0.5, 0.6) is 0 Å². The number of pyridine rings is 1. The van der Waals surface area contributed by atoms with Crippen molar-refractivity contribution in [2.45, 2.75) is 27.3 Å². The molecule has 0 spiro atoms. The van der Waals surface area contributed by atoms with Crippen LogP contribution < -0.4 is 10.6 Å². The third-order valence-corrected chi connectivity index (χ3v) is 3.56. The van der Waals surface area contributed by atoms with Gasteiger partial charge in [0.1, 0.15) is 6.07 Å². The fraction of sp³-hybridized carbons (Fsp3) is 0.294. The van der Waals surface area contributed by atoms with Gasteiger partial charge in [0.15, 0.2) is 0 Å². The van der Waals surface area contributed by atoms with Crippen molar-refractivity contribution in [1.29, 1.82) is 5.26 Å². The maximum absolute atomic E-state index is 9.41. The average molecular weight is 280 g/mol. The summed E-state index contributed by atoms with van der Waals surface area (Å²) in [5, 5.41) is 9.41. The van der Waals surface area contributed by atoms with Crippen LogP contribution in [0.3, 0.4) is 0 Å². The molecule has 0 aliphatic heterocycles. The van der Waals surface area contributed by atoms with Crippen LogP contribution in [0.15, 0.2) is 30.3 Å². The van der Waals surface area contributed by atoms with Crippen molar-refractivity contribution >= 4 is 11.4 Å². The van der Waals surface area contributed by atoms with Gasteiger partial charge in [-0.2, -0.15) is 5.26 Å². The zero-order valence-corrected chi connectivity index (χ0v) is 12.7. The first-order chi connectivity index (χ1) is 10.1. The number of benzene rings is 1. The van der Waals surface area contributed by atoms with Crippen LogP contribution in [0.2, 0.25) is 0 Å². The lowest BCUT2D eigenvalue weighted by molar-refractivity contribution is 0.827. The fourth-order valence-corrected chi connectivity index (χ4v) is 2.45. The van der Waals surface area contributed by atoms with E-state index in [-0.39, 0.29) is 0 Å². The van der Waals surface area contributed by atoms with Crippen molar-refractivity contribution in [3.63, 3.8) is 0 Å². The number of aromatic nitrogens is 1. The molecule has 108 valence electrons. The van der Waals surface area contributed by atoms with E-state index in [4.69, 9.17) is 5.73 Å². The first-order valence-corrected chi connectivity index (χ1v) is 7.03. The molecule has 0 bridgehead atoms. The number of rotatable bonds is 4. The molecule has 4 heteroatoms. The Morgan fingerprint density at radius 3 is 2.62 bits per heavy atom. The second kappa shape index (κ2) is 6.27. The number of hydrogen-bond donors (Lipinski definition) is 1. The molecule has 0 unspecified atom stereocenters. The van der Waals surface area contributed by atoms with Gasteiger partial charge in [-0.15, -0.1) is 0 Å². The molecule has 0 saturated heterocycles. The number of nitrogen functional groups attached to an aromatic ring is 1. The summed E-state index contributed by atoms with van der Waals surface area (Å²) in [5.41, 5.74) is 11.1. The third kappa shape index (κ3) is 3.14. The maximum atomic E-state index is 9.41. The monoisotopic (exact) mass is 280 g/mol. The van der Waals surface area contributed by atoms with Crippen LogP contribution in [-0.4, -0.2) is 11.5 Å².